The van der Waals surface area contributed by atoms with Crippen LogP contribution in [-0.2, 0) is 12.4 Å². The zero-order valence-corrected chi connectivity index (χ0v) is 10.9. The van der Waals surface area contributed by atoms with E-state index in [0.29, 0.717) is 12.8 Å². The van der Waals surface area contributed by atoms with Gasteiger partial charge >= 0.3 is 12.4 Å². The largest absolute Gasteiger partial charge is 0.416 e. The maximum atomic E-state index is 12.8. The molecule has 21 heavy (non-hydrogen) atoms. The van der Waals surface area contributed by atoms with Crippen LogP contribution in [0.2, 0.25) is 0 Å². The van der Waals surface area contributed by atoms with Gasteiger partial charge < -0.3 is 0 Å². The van der Waals surface area contributed by atoms with E-state index in [9.17, 15) is 26.3 Å². The van der Waals surface area contributed by atoms with Gasteiger partial charge in [-0.3, -0.25) is 4.99 Å². The second-order valence-corrected chi connectivity index (χ2v) is 4.97. The fourth-order valence-electron chi connectivity index (χ4n) is 2.27. The van der Waals surface area contributed by atoms with Gasteiger partial charge in [-0.15, -0.1) is 0 Å². The van der Waals surface area contributed by atoms with Crippen LogP contribution in [0.4, 0.5) is 26.3 Å². The molecule has 1 aromatic carbocycles. The van der Waals surface area contributed by atoms with E-state index >= 15 is 0 Å². The second-order valence-electron chi connectivity index (χ2n) is 4.97. The van der Waals surface area contributed by atoms with Crippen LogP contribution in [0.1, 0.15) is 48.4 Å². The molecule has 0 bridgehead atoms. The third-order valence-electron chi connectivity index (χ3n) is 3.34. The van der Waals surface area contributed by atoms with E-state index in [2.05, 4.69) is 4.99 Å². The minimum absolute atomic E-state index is 0.0321. The third kappa shape index (κ3) is 3.98. The number of halogens is 6. The molecule has 7 heteroatoms. The van der Waals surface area contributed by atoms with Gasteiger partial charge in [-0.2, -0.15) is 26.3 Å². The molecule has 2 rings (SSSR count). The Kier molecular flexibility index (Phi) is 4.30. The minimum Gasteiger partial charge on any atom is -0.289 e. The van der Waals surface area contributed by atoms with Crippen molar-refractivity contribution in [1.82, 2.24) is 0 Å². The van der Waals surface area contributed by atoms with Crippen molar-refractivity contribution >= 4 is 6.21 Å². The summed E-state index contributed by atoms with van der Waals surface area (Å²) in [6.07, 6.45) is -5.34. The molecule has 0 amide bonds. The first-order chi connectivity index (χ1) is 9.68. The lowest BCUT2D eigenvalue weighted by molar-refractivity contribution is -0.143. The van der Waals surface area contributed by atoms with Crippen molar-refractivity contribution in [1.29, 1.82) is 0 Å². The molecule has 0 N–H and O–H groups in total. The molecule has 1 unspecified atom stereocenters. The van der Waals surface area contributed by atoms with Crippen LogP contribution in [0.15, 0.2) is 23.2 Å². The molecule has 1 aliphatic rings. The summed E-state index contributed by atoms with van der Waals surface area (Å²) in [5.74, 6) is 0. The van der Waals surface area contributed by atoms with Crippen LogP contribution in [-0.4, -0.2) is 6.21 Å². The number of benzene rings is 1. The predicted octanol–water partition coefficient (Wildman–Crippen LogP) is 5.41. The Hall–Kier alpha value is -1.53. The molecule has 0 aliphatic carbocycles. The lowest BCUT2D eigenvalue weighted by Crippen LogP contribution is -2.12. The van der Waals surface area contributed by atoms with E-state index < -0.39 is 29.5 Å². The Labute approximate surface area is 117 Å². The summed E-state index contributed by atoms with van der Waals surface area (Å²) in [4.78, 5) is 4.08. The summed E-state index contributed by atoms with van der Waals surface area (Å²) in [7, 11) is 0. The maximum Gasteiger partial charge on any atom is 0.416 e. The molecular formula is C14H13F6N. The van der Waals surface area contributed by atoms with Gasteiger partial charge in [0.25, 0.3) is 0 Å². The van der Waals surface area contributed by atoms with E-state index in [0.717, 1.165) is 25.0 Å². The van der Waals surface area contributed by atoms with Crippen LogP contribution in [0.5, 0.6) is 0 Å². The van der Waals surface area contributed by atoms with Crippen molar-refractivity contribution in [2.75, 3.05) is 0 Å². The van der Waals surface area contributed by atoms with Gasteiger partial charge in [-0.1, -0.05) is 6.42 Å². The third-order valence-corrected chi connectivity index (χ3v) is 3.34. The monoisotopic (exact) mass is 309 g/mol. The van der Waals surface area contributed by atoms with Gasteiger partial charge in [-0.25, -0.2) is 0 Å². The molecule has 116 valence electrons. The molecule has 1 nitrogen and oxygen atoms in total. The molecule has 0 spiro atoms. The van der Waals surface area contributed by atoms with Crippen molar-refractivity contribution in [2.45, 2.75) is 44.1 Å². The van der Waals surface area contributed by atoms with Gasteiger partial charge in [0.15, 0.2) is 0 Å². The second kappa shape index (κ2) is 5.69. The average molecular weight is 309 g/mol. The van der Waals surface area contributed by atoms with E-state index in [1.165, 1.54) is 0 Å². The van der Waals surface area contributed by atoms with Crippen molar-refractivity contribution < 1.29 is 26.3 Å². The molecule has 0 saturated carbocycles. The molecule has 0 fully saturated rings. The van der Waals surface area contributed by atoms with Gasteiger partial charge in [0.1, 0.15) is 0 Å². The topological polar surface area (TPSA) is 12.4 Å². The van der Waals surface area contributed by atoms with E-state index in [4.69, 9.17) is 0 Å². The van der Waals surface area contributed by atoms with Gasteiger partial charge in [0.2, 0.25) is 0 Å². The Balaban J connectivity index is 2.49. The lowest BCUT2D eigenvalue weighted by Gasteiger charge is -2.17. The minimum atomic E-state index is -4.82. The van der Waals surface area contributed by atoms with Crippen LogP contribution in [0, 0.1) is 0 Å². The number of aliphatic imine (C=N–C) groups is 1. The standard InChI is InChI=1S/C14H13F6N/c15-13(16,17)10-6-9(7-11(8-10)14(18,19)20)12-4-2-1-3-5-21-12/h5-8,12H,1-4H2. The SMILES string of the molecule is FC(F)(F)c1cc(C2CCCCC=N2)cc(C(F)(F)F)c1. The van der Waals surface area contributed by atoms with Gasteiger partial charge in [-0.05, 0) is 49.2 Å². The van der Waals surface area contributed by atoms with E-state index in [-0.39, 0.29) is 11.6 Å². The molecule has 1 aromatic rings. The van der Waals surface area contributed by atoms with Gasteiger partial charge in [0.05, 0.1) is 17.2 Å². The quantitative estimate of drug-likeness (QED) is 0.615. The highest BCUT2D eigenvalue weighted by Gasteiger charge is 2.37. The number of hydrogen-bond donors (Lipinski definition) is 0. The first kappa shape index (κ1) is 15.9. The Morgan fingerprint density at radius 3 is 1.95 bits per heavy atom. The first-order valence-electron chi connectivity index (χ1n) is 6.49. The first-order valence-corrected chi connectivity index (χ1v) is 6.49. The zero-order chi connectivity index (χ0) is 15.7. The fourth-order valence-corrected chi connectivity index (χ4v) is 2.27. The molecule has 0 radical (unpaired) electrons. The number of nitrogens with zero attached hydrogens (tertiary/aromatic N) is 1. The lowest BCUT2D eigenvalue weighted by atomic mass is 9.97. The summed E-state index contributed by atoms with van der Waals surface area (Å²) < 4.78 is 76.7. The van der Waals surface area contributed by atoms with Crippen LogP contribution < -0.4 is 0 Å². The Morgan fingerprint density at radius 2 is 1.43 bits per heavy atom. The van der Waals surface area contributed by atoms with Crippen molar-refractivity contribution in [3.05, 3.63) is 34.9 Å². The Morgan fingerprint density at radius 1 is 0.857 bits per heavy atom. The number of hydrogen-bond acceptors (Lipinski definition) is 1. The van der Waals surface area contributed by atoms with Crippen molar-refractivity contribution in [3.63, 3.8) is 0 Å². The fraction of sp³-hybridized carbons (Fsp3) is 0.500. The highest BCUT2D eigenvalue weighted by Crippen LogP contribution is 2.39. The molecule has 0 aromatic heterocycles. The van der Waals surface area contributed by atoms with Crippen LogP contribution >= 0.6 is 0 Å². The highest BCUT2D eigenvalue weighted by atomic mass is 19.4. The maximum absolute atomic E-state index is 12.8. The van der Waals surface area contributed by atoms with Crippen molar-refractivity contribution in [2.24, 2.45) is 4.99 Å². The van der Waals surface area contributed by atoms with E-state index in [1.807, 2.05) is 0 Å². The summed E-state index contributed by atoms with van der Waals surface area (Å²) in [6, 6.07) is 1.03. The number of rotatable bonds is 1. The molecule has 1 aliphatic heterocycles. The summed E-state index contributed by atoms with van der Waals surface area (Å²) in [6.45, 7) is 0. The van der Waals surface area contributed by atoms with Crippen LogP contribution in [0.25, 0.3) is 0 Å². The summed E-state index contributed by atoms with van der Waals surface area (Å²) in [5.41, 5.74) is -2.60. The summed E-state index contributed by atoms with van der Waals surface area (Å²) >= 11 is 0. The summed E-state index contributed by atoms with van der Waals surface area (Å²) in [5, 5.41) is 0. The normalized spacial score (nSPS) is 20.4. The van der Waals surface area contributed by atoms with Crippen LogP contribution in [0.3, 0.4) is 0 Å². The predicted molar refractivity (Wildman–Crippen MR) is 66.1 cm³/mol. The molecular weight excluding hydrogens is 296 g/mol. The van der Waals surface area contributed by atoms with Gasteiger partial charge in [0, 0.05) is 0 Å². The number of alkyl halides is 6. The molecule has 1 atom stereocenters. The Bertz CT molecular complexity index is 497. The van der Waals surface area contributed by atoms with E-state index in [1.54, 1.807) is 6.21 Å². The molecule has 1 heterocycles. The zero-order valence-electron chi connectivity index (χ0n) is 10.9. The average Bonchev–Trinajstić information content (AvgIpc) is 2.65. The van der Waals surface area contributed by atoms with Crippen molar-refractivity contribution in [3.8, 4) is 0 Å². The highest BCUT2D eigenvalue weighted by molar-refractivity contribution is 5.58. The molecule has 0 saturated heterocycles. The smallest absolute Gasteiger partial charge is 0.289 e.